The molecular formula is C9H12N2O2. The predicted octanol–water partition coefficient (Wildman–Crippen LogP) is -0.0480. The maximum Gasteiger partial charge on any atom is 0.306 e. The van der Waals surface area contributed by atoms with Gasteiger partial charge >= 0.3 is 11.8 Å². The smallest absolute Gasteiger partial charge is 0.306 e. The molecule has 0 heterocycles. The molecule has 1 aromatic rings. The van der Waals surface area contributed by atoms with Crippen LogP contribution in [0.3, 0.4) is 0 Å². The van der Waals surface area contributed by atoms with Crippen LogP contribution in [0.4, 0.5) is 0 Å². The largest absolute Gasteiger partial charge is 0.361 e. The highest BCUT2D eigenvalue weighted by Crippen LogP contribution is 1.92. The van der Waals surface area contributed by atoms with E-state index in [4.69, 9.17) is 0 Å². The fraction of sp³-hybridized carbons (Fsp3) is 0.111. The van der Waals surface area contributed by atoms with Gasteiger partial charge in [0.15, 0.2) is 0 Å². The molecule has 4 N–H and O–H groups in total. The zero-order valence-electron chi connectivity index (χ0n) is 7.36. The number of hydrogen-bond acceptors (Lipinski definition) is 2. The maximum atomic E-state index is 9.45. The van der Waals surface area contributed by atoms with Gasteiger partial charge in [-0.1, -0.05) is 35.9 Å². The average molecular weight is 180 g/mol. The second kappa shape index (κ2) is 5.77. The van der Waals surface area contributed by atoms with Crippen molar-refractivity contribution in [3.8, 4) is 0 Å². The molecule has 0 aromatic heterocycles. The SMILES string of the molecule is Cc1ccccc1.NC(=O)C(N)=O. The topological polar surface area (TPSA) is 86.2 Å². The number of carbonyl (C=O) groups excluding carboxylic acids is 2. The lowest BCUT2D eigenvalue weighted by Gasteiger charge is -1.82. The molecule has 0 saturated carbocycles. The van der Waals surface area contributed by atoms with E-state index in [1.54, 1.807) is 0 Å². The molecule has 0 atom stereocenters. The molecule has 4 heteroatoms. The molecule has 2 amide bonds. The maximum absolute atomic E-state index is 9.45. The Morgan fingerprint density at radius 3 is 1.54 bits per heavy atom. The standard InChI is InChI=1S/C7H8.C2H4N2O2/c1-7-5-3-2-4-6-7;3-1(5)2(4)6/h2-6H,1H3;(H2,3,5)(H2,4,6). The first kappa shape index (κ1) is 11.2. The Bertz CT molecular complexity index is 271. The van der Waals surface area contributed by atoms with Gasteiger partial charge in [-0.3, -0.25) is 9.59 Å². The number of hydrogen-bond donors (Lipinski definition) is 2. The third-order valence-corrected chi connectivity index (χ3v) is 1.18. The second-order valence-electron chi connectivity index (χ2n) is 2.38. The van der Waals surface area contributed by atoms with Crippen molar-refractivity contribution in [2.24, 2.45) is 11.5 Å². The average Bonchev–Trinajstić information content (AvgIpc) is 2.06. The van der Waals surface area contributed by atoms with Crippen molar-refractivity contribution in [2.75, 3.05) is 0 Å². The lowest BCUT2D eigenvalue weighted by molar-refractivity contribution is -0.135. The summed E-state index contributed by atoms with van der Waals surface area (Å²) in [5.41, 5.74) is 9.97. The second-order valence-corrected chi connectivity index (χ2v) is 2.38. The molecule has 0 radical (unpaired) electrons. The van der Waals surface area contributed by atoms with Gasteiger partial charge in [0.1, 0.15) is 0 Å². The molecule has 0 spiro atoms. The van der Waals surface area contributed by atoms with E-state index in [2.05, 4.69) is 30.5 Å². The van der Waals surface area contributed by atoms with E-state index in [1.165, 1.54) is 5.56 Å². The Morgan fingerprint density at radius 2 is 1.38 bits per heavy atom. The van der Waals surface area contributed by atoms with Crippen molar-refractivity contribution in [1.82, 2.24) is 0 Å². The molecule has 70 valence electrons. The lowest BCUT2D eigenvalue weighted by Crippen LogP contribution is -2.29. The fourth-order valence-corrected chi connectivity index (χ4v) is 0.534. The van der Waals surface area contributed by atoms with Crippen LogP contribution in [-0.2, 0) is 9.59 Å². The molecule has 0 saturated heterocycles. The number of primary amides is 2. The van der Waals surface area contributed by atoms with Crippen molar-refractivity contribution in [3.63, 3.8) is 0 Å². The van der Waals surface area contributed by atoms with Gasteiger partial charge in [0.2, 0.25) is 0 Å². The van der Waals surface area contributed by atoms with Gasteiger partial charge in [-0.15, -0.1) is 0 Å². The van der Waals surface area contributed by atoms with Crippen molar-refractivity contribution in [2.45, 2.75) is 6.92 Å². The molecule has 0 unspecified atom stereocenters. The molecule has 0 aliphatic carbocycles. The number of nitrogens with two attached hydrogens (primary N) is 2. The molecule has 0 aliphatic rings. The van der Waals surface area contributed by atoms with Gasteiger partial charge in [0.25, 0.3) is 0 Å². The highest BCUT2D eigenvalue weighted by molar-refractivity contribution is 6.33. The van der Waals surface area contributed by atoms with Crippen molar-refractivity contribution < 1.29 is 9.59 Å². The van der Waals surface area contributed by atoms with Crippen LogP contribution >= 0.6 is 0 Å². The molecule has 4 nitrogen and oxygen atoms in total. The summed E-state index contributed by atoms with van der Waals surface area (Å²) in [7, 11) is 0. The lowest BCUT2D eigenvalue weighted by atomic mass is 10.2. The van der Waals surface area contributed by atoms with E-state index in [9.17, 15) is 9.59 Å². The van der Waals surface area contributed by atoms with Crippen molar-refractivity contribution >= 4 is 11.8 Å². The van der Waals surface area contributed by atoms with Crippen LogP contribution in [-0.4, -0.2) is 11.8 Å². The summed E-state index contributed by atoms with van der Waals surface area (Å²) in [4.78, 5) is 18.9. The number of carbonyl (C=O) groups is 2. The monoisotopic (exact) mass is 180 g/mol. The highest BCUT2D eigenvalue weighted by Gasteiger charge is 1.96. The Labute approximate surface area is 76.5 Å². The van der Waals surface area contributed by atoms with Crippen LogP contribution < -0.4 is 11.5 Å². The first-order valence-electron chi connectivity index (χ1n) is 3.65. The molecule has 0 bridgehead atoms. The van der Waals surface area contributed by atoms with E-state index >= 15 is 0 Å². The normalized spacial score (nSPS) is 8.08. The third-order valence-electron chi connectivity index (χ3n) is 1.18. The molecule has 1 rings (SSSR count). The van der Waals surface area contributed by atoms with Gasteiger partial charge in [-0.2, -0.15) is 0 Å². The number of rotatable bonds is 0. The van der Waals surface area contributed by atoms with Crippen LogP contribution in [0, 0.1) is 6.92 Å². The number of amides is 2. The van der Waals surface area contributed by atoms with Crippen LogP contribution in [0.1, 0.15) is 5.56 Å². The van der Waals surface area contributed by atoms with Gasteiger partial charge in [-0.05, 0) is 6.92 Å². The Kier molecular flexibility index (Phi) is 4.95. The molecule has 0 fully saturated rings. The van der Waals surface area contributed by atoms with E-state index < -0.39 is 11.8 Å². The molecule has 0 aliphatic heterocycles. The molecule has 1 aromatic carbocycles. The van der Waals surface area contributed by atoms with Crippen molar-refractivity contribution in [3.05, 3.63) is 35.9 Å². The van der Waals surface area contributed by atoms with Gasteiger partial charge < -0.3 is 11.5 Å². The Balaban J connectivity index is 0.000000226. The fourth-order valence-electron chi connectivity index (χ4n) is 0.534. The molecule has 13 heavy (non-hydrogen) atoms. The van der Waals surface area contributed by atoms with Gasteiger partial charge in [-0.25, -0.2) is 0 Å². The quantitative estimate of drug-likeness (QED) is 0.548. The summed E-state index contributed by atoms with van der Waals surface area (Å²) >= 11 is 0. The van der Waals surface area contributed by atoms with Gasteiger partial charge in [0.05, 0.1) is 0 Å². The van der Waals surface area contributed by atoms with E-state index in [-0.39, 0.29) is 0 Å². The Hall–Kier alpha value is -1.84. The number of benzene rings is 1. The summed E-state index contributed by atoms with van der Waals surface area (Å²) in [5.74, 6) is -2.20. The number of aryl methyl sites for hydroxylation is 1. The zero-order valence-corrected chi connectivity index (χ0v) is 7.36. The van der Waals surface area contributed by atoms with Crippen molar-refractivity contribution in [1.29, 1.82) is 0 Å². The van der Waals surface area contributed by atoms with Crippen LogP contribution in [0.15, 0.2) is 30.3 Å². The van der Waals surface area contributed by atoms with E-state index in [0.717, 1.165) is 0 Å². The predicted molar refractivity (Wildman–Crippen MR) is 49.6 cm³/mol. The zero-order chi connectivity index (χ0) is 10.3. The summed E-state index contributed by atoms with van der Waals surface area (Å²) < 4.78 is 0. The summed E-state index contributed by atoms with van der Waals surface area (Å²) in [6.45, 7) is 2.08. The third kappa shape index (κ3) is 6.55. The van der Waals surface area contributed by atoms with Crippen LogP contribution in [0.5, 0.6) is 0 Å². The Morgan fingerprint density at radius 1 is 1.00 bits per heavy atom. The van der Waals surface area contributed by atoms with Crippen LogP contribution in [0.2, 0.25) is 0 Å². The minimum Gasteiger partial charge on any atom is -0.361 e. The highest BCUT2D eigenvalue weighted by atomic mass is 16.2. The molecular weight excluding hydrogens is 168 g/mol. The summed E-state index contributed by atoms with van der Waals surface area (Å²) in [6.07, 6.45) is 0. The first-order valence-corrected chi connectivity index (χ1v) is 3.65. The summed E-state index contributed by atoms with van der Waals surface area (Å²) in [6, 6.07) is 10.3. The van der Waals surface area contributed by atoms with Gasteiger partial charge in [0, 0.05) is 0 Å². The minimum atomic E-state index is -1.10. The minimum absolute atomic E-state index is 1.10. The van der Waals surface area contributed by atoms with E-state index in [1.807, 2.05) is 18.2 Å². The van der Waals surface area contributed by atoms with Crippen LogP contribution in [0.25, 0.3) is 0 Å². The van der Waals surface area contributed by atoms with E-state index in [0.29, 0.717) is 0 Å². The summed E-state index contributed by atoms with van der Waals surface area (Å²) in [5, 5.41) is 0. The first-order chi connectivity index (χ1) is 6.04.